The van der Waals surface area contributed by atoms with Crippen LogP contribution < -0.4 is 0 Å². The molecular weight excluding hydrogens is 154 g/mol. The molecule has 1 fully saturated rings. The average molecular weight is 171 g/mol. The number of allylic oxidation sites excluding steroid dienone is 1. The van der Waals surface area contributed by atoms with Crippen LogP contribution in [0.1, 0.15) is 6.92 Å². The first-order valence-corrected chi connectivity index (χ1v) is 4.42. The summed E-state index contributed by atoms with van der Waals surface area (Å²) < 4.78 is 5.32. The minimum Gasteiger partial charge on any atom is -0.394 e. The van der Waals surface area contributed by atoms with Gasteiger partial charge in [0.15, 0.2) is 0 Å². The molecule has 0 radical (unpaired) electrons. The summed E-state index contributed by atoms with van der Waals surface area (Å²) >= 11 is 0. The van der Waals surface area contributed by atoms with E-state index in [1.165, 1.54) is 0 Å². The van der Waals surface area contributed by atoms with Crippen LogP contribution in [0.2, 0.25) is 0 Å². The van der Waals surface area contributed by atoms with Gasteiger partial charge >= 0.3 is 0 Å². The standard InChI is InChI=1S/C9H17NO2/c1-2-3-4-10-5-6-12-9(7-10)8-11/h2-3,9,11H,4-8H2,1H3/b3-2+. The first kappa shape index (κ1) is 9.71. The lowest BCUT2D eigenvalue weighted by molar-refractivity contribution is -0.0495. The van der Waals surface area contributed by atoms with Crippen molar-refractivity contribution in [3.63, 3.8) is 0 Å². The quantitative estimate of drug-likeness (QED) is 0.618. The van der Waals surface area contributed by atoms with Crippen LogP contribution in [0.4, 0.5) is 0 Å². The highest BCUT2D eigenvalue weighted by atomic mass is 16.5. The van der Waals surface area contributed by atoms with Crippen molar-refractivity contribution in [3.05, 3.63) is 12.2 Å². The first-order chi connectivity index (χ1) is 5.86. The monoisotopic (exact) mass is 171 g/mol. The van der Waals surface area contributed by atoms with E-state index in [1.807, 2.05) is 13.0 Å². The smallest absolute Gasteiger partial charge is 0.0932 e. The zero-order chi connectivity index (χ0) is 8.81. The van der Waals surface area contributed by atoms with Gasteiger partial charge in [-0.05, 0) is 6.92 Å². The number of morpholine rings is 1. The molecule has 3 nitrogen and oxygen atoms in total. The Labute approximate surface area is 73.6 Å². The van der Waals surface area contributed by atoms with Gasteiger partial charge in [-0.3, -0.25) is 4.90 Å². The van der Waals surface area contributed by atoms with Gasteiger partial charge in [0.1, 0.15) is 0 Å². The number of hydrogen-bond acceptors (Lipinski definition) is 3. The summed E-state index contributed by atoms with van der Waals surface area (Å²) in [4.78, 5) is 2.28. The highest BCUT2D eigenvalue weighted by molar-refractivity contribution is 4.83. The Hall–Kier alpha value is -0.380. The largest absolute Gasteiger partial charge is 0.394 e. The SMILES string of the molecule is C/C=C/CN1CCOC(CO)C1. The molecule has 1 N–H and O–H groups in total. The number of hydrogen-bond donors (Lipinski definition) is 1. The van der Waals surface area contributed by atoms with Gasteiger partial charge in [-0.15, -0.1) is 0 Å². The lowest BCUT2D eigenvalue weighted by Gasteiger charge is -2.31. The van der Waals surface area contributed by atoms with Crippen molar-refractivity contribution >= 4 is 0 Å². The first-order valence-electron chi connectivity index (χ1n) is 4.42. The van der Waals surface area contributed by atoms with Gasteiger partial charge in [-0.1, -0.05) is 12.2 Å². The minimum absolute atomic E-state index is 0.0176. The van der Waals surface area contributed by atoms with Crippen LogP contribution in [0.15, 0.2) is 12.2 Å². The molecular formula is C9H17NO2. The number of nitrogens with zero attached hydrogens (tertiary/aromatic N) is 1. The molecule has 0 aromatic carbocycles. The number of aliphatic hydroxyl groups is 1. The van der Waals surface area contributed by atoms with Gasteiger partial charge < -0.3 is 9.84 Å². The molecule has 0 aromatic heterocycles. The van der Waals surface area contributed by atoms with E-state index in [9.17, 15) is 0 Å². The van der Waals surface area contributed by atoms with Crippen LogP contribution >= 0.6 is 0 Å². The van der Waals surface area contributed by atoms with E-state index in [-0.39, 0.29) is 12.7 Å². The number of aliphatic hydroxyl groups excluding tert-OH is 1. The molecule has 1 rings (SSSR count). The molecule has 1 aliphatic rings. The van der Waals surface area contributed by atoms with Crippen molar-refractivity contribution in [3.8, 4) is 0 Å². The van der Waals surface area contributed by atoms with Gasteiger partial charge in [-0.2, -0.15) is 0 Å². The third-order valence-corrected chi connectivity index (χ3v) is 2.03. The van der Waals surface area contributed by atoms with E-state index in [0.717, 1.165) is 26.2 Å². The lowest BCUT2D eigenvalue weighted by atomic mass is 10.3. The van der Waals surface area contributed by atoms with E-state index in [0.29, 0.717) is 0 Å². The van der Waals surface area contributed by atoms with Gasteiger partial charge in [0.2, 0.25) is 0 Å². The second-order valence-electron chi connectivity index (χ2n) is 3.00. The van der Waals surface area contributed by atoms with Crippen molar-refractivity contribution in [2.24, 2.45) is 0 Å². The molecule has 0 spiro atoms. The molecule has 70 valence electrons. The van der Waals surface area contributed by atoms with Gasteiger partial charge in [0.05, 0.1) is 19.3 Å². The number of rotatable bonds is 3. The molecule has 0 bridgehead atoms. The molecule has 1 atom stereocenters. The van der Waals surface area contributed by atoms with Crippen molar-refractivity contribution in [2.45, 2.75) is 13.0 Å². The Kier molecular flexibility index (Phi) is 4.29. The fraction of sp³-hybridized carbons (Fsp3) is 0.778. The molecule has 12 heavy (non-hydrogen) atoms. The maximum absolute atomic E-state index is 8.86. The molecule has 1 heterocycles. The normalized spacial score (nSPS) is 26.7. The summed E-state index contributed by atoms with van der Waals surface area (Å²) in [5.41, 5.74) is 0. The van der Waals surface area contributed by atoms with E-state index < -0.39 is 0 Å². The molecule has 1 saturated heterocycles. The second-order valence-corrected chi connectivity index (χ2v) is 3.00. The summed E-state index contributed by atoms with van der Waals surface area (Å²) in [6.07, 6.45) is 4.19. The van der Waals surface area contributed by atoms with Crippen LogP contribution in [0, 0.1) is 0 Å². The van der Waals surface area contributed by atoms with Crippen LogP contribution in [-0.4, -0.2) is 49.0 Å². The summed E-state index contributed by atoms with van der Waals surface area (Å²) in [5, 5.41) is 8.86. The van der Waals surface area contributed by atoms with E-state index in [4.69, 9.17) is 9.84 Å². The van der Waals surface area contributed by atoms with Gasteiger partial charge in [-0.25, -0.2) is 0 Å². The fourth-order valence-electron chi connectivity index (χ4n) is 1.31. The zero-order valence-electron chi connectivity index (χ0n) is 7.57. The Balaban J connectivity index is 2.25. The maximum atomic E-state index is 8.86. The topological polar surface area (TPSA) is 32.7 Å². The molecule has 0 aliphatic carbocycles. The van der Waals surface area contributed by atoms with Crippen LogP contribution in [0.25, 0.3) is 0 Å². The van der Waals surface area contributed by atoms with Crippen molar-refractivity contribution < 1.29 is 9.84 Å². The molecule has 1 unspecified atom stereocenters. The van der Waals surface area contributed by atoms with E-state index >= 15 is 0 Å². The van der Waals surface area contributed by atoms with Crippen LogP contribution in [0.5, 0.6) is 0 Å². The predicted molar refractivity (Wildman–Crippen MR) is 48.1 cm³/mol. The van der Waals surface area contributed by atoms with Crippen LogP contribution in [-0.2, 0) is 4.74 Å². The summed E-state index contributed by atoms with van der Waals surface area (Å²) in [5.74, 6) is 0. The highest BCUT2D eigenvalue weighted by Crippen LogP contribution is 2.03. The second kappa shape index (κ2) is 5.30. The van der Waals surface area contributed by atoms with Crippen molar-refractivity contribution in [2.75, 3.05) is 32.8 Å². The minimum atomic E-state index is 0.0176. The Bertz CT molecular complexity index is 147. The molecule has 0 amide bonds. The Morgan fingerprint density at radius 3 is 3.17 bits per heavy atom. The van der Waals surface area contributed by atoms with Crippen molar-refractivity contribution in [1.29, 1.82) is 0 Å². The zero-order valence-corrected chi connectivity index (χ0v) is 7.57. The summed E-state index contributed by atoms with van der Waals surface area (Å²) in [6.45, 7) is 5.68. The lowest BCUT2D eigenvalue weighted by Crippen LogP contribution is -2.43. The van der Waals surface area contributed by atoms with Crippen LogP contribution in [0.3, 0.4) is 0 Å². The van der Waals surface area contributed by atoms with Crippen molar-refractivity contribution in [1.82, 2.24) is 4.90 Å². The summed E-state index contributed by atoms with van der Waals surface area (Å²) in [6, 6.07) is 0. The molecule has 0 aromatic rings. The maximum Gasteiger partial charge on any atom is 0.0932 e. The number of ether oxygens (including phenoxy) is 1. The fourth-order valence-corrected chi connectivity index (χ4v) is 1.31. The average Bonchev–Trinajstić information content (AvgIpc) is 2.15. The Morgan fingerprint density at radius 2 is 2.50 bits per heavy atom. The molecule has 3 heteroatoms. The highest BCUT2D eigenvalue weighted by Gasteiger charge is 2.17. The third kappa shape index (κ3) is 2.93. The third-order valence-electron chi connectivity index (χ3n) is 2.03. The van der Waals surface area contributed by atoms with Gasteiger partial charge in [0.25, 0.3) is 0 Å². The predicted octanol–water partition coefficient (Wildman–Crippen LogP) is 0.256. The van der Waals surface area contributed by atoms with E-state index in [1.54, 1.807) is 0 Å². The molecule has 0 saturated carbocycles. The van der Waals surface area contributed by atoms with Gasteiger partial charge in [0, 0.05) is 19.6 Å². The molecule has 1 aliphatic heterocycles. The summed E-state index contributed by atoms with van der Waals surface area (Å²) in [7, 11) is 0. The Morgan fingerprint density at radius 1 is 1.67 bits per heavy atom. The van der Waals surface area contributed by atoms with E-state index in [2.05, 4.69) is 11.0 Å².